The average molecular weight is 404 g/mol. The van der Waals surface area contributed by atoms with Crippen LogP contribution in [0.4, 0.5) is 5.69 Å². The van der Waals surface area contributed by atoms with Crippen LogP contribution in [-0.4, -0.2) is 13.7 Å². The van der Waals surface area contributed by atoms with Gasteiger partial charge in [0.25, 0.3) is 0 Å². The van der Waals surface area contributed by atoms with E-state index < -0.39 is 0 Å². The summed E-state index contributed by atoms with van der Waals surface area (Å²) in [6.45, 7) is 7.70. The van der Waals surface area contributed by atoms with Crippen molar-refractivity contribution in [3.8, 4) is 17.2 Å². The van der Waals surface area contributed by atoms with Crippen LogP contribution in [0.5, 0.6) is 17.2 Å². The molecule has 0 aliphatic carbocycles. The van der Waals surface area contributed by atoms with E-state index in [-0.39, 0.29) is 0 Å². The second-order valence-electron chi connectivity index (χ2n) is 6.86. The Morgan fingerprint density at radius 1 is 0.933 bits per heavy atom. The summed E-state index contributed by atoms with van der Waals surface area (Å²) in [5.41, 5.74) is 4.32. The molecular weight excluding hydrogens is 374 g/mol. The molecular formula is C26H29NO3. The molecule has 0 aliphatic rings. The first-order chi connectivity index (χ1) is 14.7. The van der Waals surface area contributed by atoms with Gasteiger partial charge in [0.2, 0.25) is 0 Å². The van der Waals surface area contributed by atoms with Gasteiger partial charge in [0.15, 0.2) is 11.5 Å². The zero-order valence-corrected chi connectivity index (χ0v) is 17.7. The molecule has 0 amide bonds. The smallest absolute Gasteiger partial charge is 0.165 e. The highest BCUT2D eigenvalue weighted by molar-refractivity contribution is 5.52. The minimum absolute atomic E-state index is 0.491. The van der Waals surface area contributed by atoms with Gasteiger partial charge in [0.05, 0.1) is 13.7 Å². The van der Waals surface area contributed by atoms with Crippen molar-refractivity contribution in [2.45, 2.75) is 26.5 Å². The summed E-state index contributed by atoms with van der Waals surface area (Å²) < 4.78 is 17.3. The highest BCUT2D eigenvalue weighted by Crippen LogP contribution is 2.34. The summed E-state index contributed by atoms with van der Waals surface area (Å²) in [6.07, 6.45) is 2.59. The van der Waals surface area contributed by atoms with E-state index in [1.54, 1.807) is 7.11 Å². The van der Waals surface area contributed by atoms with Crippen molar-refractivity contribution in [1.82, 2.24) is 0 Å². The summed E-state index contributed by atoms with van der Waals surface area (Å²) in [5, 5.41) is 3.45. The standard InChI is InChI=1S/C26H29NO3/c1-4-9-22-16-21(18-27-23-12-14-24(15-13-23)29-5-2)17-25(28-3)26(22)30-19-20-10-7-6-8-11-20/h4,6-8,10-17,27H,1,5,9,18-19H2,2-3H3. The minimum Gasteiger partial charge on any atom is -0.494 e. The predicted octanol–water partition coefficient (Wildman–Crippen LogP) is 6.01. The van der Waals surface area contributed by atoms with E-state index in [1.807, 2.05) is 61.5 Å². The largest absolute Gasteiger partial charge is 0.494 e. The van der Waals surface area contributed by atoms with E-state index in [0.29, 0.717) is 26.2 Å². The number of hydrogen-bond acceptors (Lipinski definition) is 4. The van der Waals surface area contributed by atoms with E-state index in [4.69, 9.17) is 14.2 Å². The summed E-state index contributed by atoms with van der Waals surface area (Å²) in [6, 6.07) is 22.3. The summed E-state index contributed by atoms with van der Waals surface area (Å²) in [5.74, 6) is 2.37. The summed E-state index contributed by atoms with van der Waals surface area (Å²) >= 11 is 0. The van der Waals surface area contributed by atoms with Crippen LogP contribution in [0, 0.1) is 0 Å². The molecule has 3 rings (SSSR count). The first kappa shape index (κ1) is 21.3. The first-order valence-electron chi connectivity index (χ1n) is 10.2. The third kappa shape index (κ3) is 5.80. The van der Waals surface area contributed by atoms with E-state index >= 15 is 0 Å². The molecule has 3 aromatic rings. The lowest BCUT2D eigenvalue weighted by Gasteiger charge is -2.17. The third-order valence-electron chi connectivity index (χ3n) is 4.66. The molecule has 30 heavy (non-hydrogen) atoms. The quantitative estimate of drug-likeness (QED) is 0.398. The number of allylic oxidation sites excluding steroid dienone is 1. The highest BCUT2D eigenvalue weighted by Gasteiger charge is 2.13. The fraction of sp³-hybridized carbons (Fsp3) is 0.231. The second kappa shape index (κ2) is 11.0. The zero-order chi connectivity index (χ0) is 21.2. The van der Waals surface area contributed by atoms with Crippen molar-refractivity contribution in [1.29, 1.82) is 0 Å². The molecule has 156 valence electrons. The molecule has 0 unspecified atom stereocenters. The molecule has 4 nitrogen and oxygen atoms in total. The topological polar surface area (TPSA) is 39.7 Å². The molecule has 4 heteroatoms. The fourth-order valence-corrected chi connectivity index (χ4v) is 3.22. The van der Waals surface area contributed by atoms with Gasteiger partial charge in [-0.3, -0.25) is 0 Å². The van der Waals surface area contributed by atoms with Gasteiger partial charge in [-0.1, -0.05) is 36.4 Å². The van der Waals surface area contributed by atoms with Gasteiger partial charge in [0, 0.05) is 17.8 Å². The van der Waals surface area contributed by atoms with Crippen molar-refractivity contribution >= 4 is 5.69 Å². The van der Waals surface area contributed by atoms with Crippen LogP contribution in [0.2, 0.25) is 0 Å². The average Bonchev–Trinajstić information content (AvgIpc) is 2.78. The van der Waals surface area contributed by atoms with Gasteiger partial charge < -0.3 is 19.5 Å². The monoisotopic (exact) mass is 403 g/mol. The van der Waals surface area contributed by atoms with Crippen molar-refractivity contribution in [3.05, 3.63) is 96.1 Å². The fourth-order valence-electron chi connectivity index (χ4n) is 3.22. The normalized spacial score (nSPS) is 10.3. The Labute approximate surface area is 179 Å². The molecule has 0 heterocycles. The maximum atomic E-state index is 6.14. The van der Waals surface area contributed by atoms with Crippen LogP contribution in [-0.2, 0) is 19.6 Å². The molecule has 0 saturated carbocycles. The highest BCUT2D eigenvalue weighted by atomic mass is 16.5. The van der Waals surface area contributed by atoms with E-state index in [1.165, 1.54) is 0 Å². The minimum atomic E-state index is 0.491. The molecule has 0 aliphatic heterocycles. The molecule has 0 spiro atoms. The first-order valence-corrected chi connectivity index (χ1v) is 10.2. The van der Waals surface area contributed by atoms with Gasteiger partial charge >= 0.3 is 0 Å². The van der Waals surface area contributed by atoms with Crippen molar-refractivity contribution < 1.29 is 14.2 Å². The summed E-state index contributed by atoms with van der Waals surface area (Å²) in [4.78, 5) is 0. The Morgan fingerprint density at radius 3 is 2.37 bits per heavy atom. The van der Waals surface area contributed by atoms with E-state index in [0.717, 1.165) is 39.6 Å². The van der Waals surface area contributed by atoms with Crippen LogP contribution in [0.25, 0.3) is 0 Å². The molecule has 0 atom stereocenters. The Balaban J connectivity index is 1.74. The van der Waals surface area contributed by atoms with Gasteiger partial charge in [-0.25, -0.2) is 0 Å². The van der Waals surface area contributed by atoms with Crippen LogP contribution < -0.4 is 19.5 Å². The number of nitrogens with one attached hydrogen (secondary N) is 1. The summed E-state index contributed by atoms with van der Waals surface area (Å²) in [7, 11) is 1.67. The van der Waals surface area contributed by atoms with Gasteiger partial charge in [-0.2, -0.15) is 0 Å². The molecule has 0 fully saturated rings. The van der Waals surface area contributed by atoms with Gasteiger partial charge in [0.1, 0.15) is 12.4 Å². The molecule has 0 bridgehead atoms. The molecule has 0 saturated heterocycles. The Hall–Kier alpha value is -3.40. The maximum absolute atomic E-state index is 6.14. The van der Waals surface area contributed by atoms with E-state index in [2.05, 4.69) is 30.1 Å². The molecule has 1 N–H and O–H groups in total. The maximum Gasteiger partial charge on any atom is 0.165 e. The number of benzene rings is 3. The number of ether oxygens (including phenoxy) is 3. The molecule has 3 aromatic carbocycles. The Bertz CT molecular complexity index is 936. The van der Waals surface area contributed by atoms with Crippen molar-refractivity contribution in [2.24, 2.45) is 0 Å². The molecule has 0 aromatic heterocycles. The Morgan fingerprint density at radius 2 is 1.70 bits per heavy atom. The SMILES string of the molecule is C=CCc1cc(CNc2ccc(OCC)cc2)cc(OC)c1OCc1ccccc1. The third-order valence-corrected chi connectivity index (χ3v) is 4.66. The number of anilines is 1. The van der Waals surface area contributed by atoms with Crippen LogP contribution in [0.15, 0.2) is 79.4 Å². The van der Waals surface area contributed by atoms with Gasteiger partial charge in [-0.05, 0) is 60.9 Å². The predicted molar refractivity (Wildman–Crippen MR) is 123 cm³/mol. The number of rotatable bonds is 11. The Kier molecular flexibility index (Phi) is 7.78. The molecule has 0 radical (unpaired) electrons. The van der Waals surface area contributed by atoms with Crippen molar-refractivity contribution in [3.63, 3.8) is 0 Å². The van der Waals surface area contributed by atoms with Crippen LogP contribution in [0.1, 0.15) is 23.6 Å². The van der Waals surface area contributed by atoms with Crippen molar-refractivity contribution in [2.75, 3.05) is 19.0 Å². The lowest BCUT2D eigenvalue weighted by atomic mass is 10.1. The number of methoxy groups -OCH3 is 1. The second-order valence-corrected chi connectivity index (χ2v) is 6.86. The lowest BCUT2D eigenvalue weighted by molar-refractivity contribution is 0.281. The number of hydrogen-bond donors (Lipinski definition) is 1. The zero-order valence-electron chi connectivity index (χ0n) is 17.7. The lowest BCUT2D eigenvalue weighted by Crippen LogP contribution is -2.05. The van der Waals surface area contributed by atoms with Crippen LogP contribution >= 0.6 is 0 Å². The van der Waals surface area contributed by atoms with Crippen LogP contribution in [0.3, 0.4) is 0 Å². The van der Waals surface area contributed by atoms with Gasteiger partial charge in [-0.15, -0.1) is 6.58 Å². The van der Waals surface area contributed by atoms with E-state index in [9.17, 15) is 0 Å².